The molecule has 188 valence electrons. The molecule has 0 heterocycles. The molecule has 3 aromatic rings. The van der Waals surface area contributed by atoms with Crippen molar-refractivity contribution in [3.05, 3.63) is 65.7 Å². The molecule has 0 spiro atoms. The molecule has 3 aromatic carbocycles. The largest absolute Gasteiger partial charge is 0.478 e. The maximum Gasteiger partial charge on any atom is 0.335 e. The van der Waals surface area contributed by atoms with Gasteiger partial charge in [0.25, 0.3) is 0 Å². The fourth-order valence-electron chi connectivity index (χ4n) is 7.40. The van der Waals surface area contributed by atoms with Crippen molar-refractivity contribution in [3.8, 4) is 16.9 Å². The van der Waals surface area contributed by atoms with Gasteiger partial charge in [0.1, 0.15) is 5.75 Å². The number of carbonyl (C=O) groups is 1. The monoisotopic (exact) mass is 486 g/mol. The van der Waals surface area contributed by atoms with Crippen LogP contribution in [0.25, 0.3) is 21.9 Å². The standard InChI is InChI=1S/C31H34O5/c1-34-8-9-35-18-36-29-17-24-7-6-23(21-2-4-22(5-3-21)31(32)33)15-25(24)16-28(29)30-26-11-19-10-20(13-26)14-27(30)12-19/h2-7,15-17,19-20,26-27,30H,8-14,18H2,1H3,(H,32,33). The molecule has 0 aromatic heterocycles. The van der Waals surface area contributed by atoms with Crippen molar-refractivity contribution in [2.45, 2.75) is 38.0 Å². The first-order valence-corrected chi connectivity index (χ1v) is 13.2. The van der Waals surface area contributed by atoms with Gasteiger partial charge in [-0.05, 0) is 119 Å². The fourth-order valence-corrected chi connectivity index (χ4v) is 7.40. The van der Waals surface area contributed by atoms with Gasteiger partial charge in [-0.3, -0.25) is 0 Å². The Morgan fingerprint density at radius 2 is 1.53 bits per heavy atom. The van der Waals surface area contributed by atoms with Crippen molar-refractivity contribution in [2.75, 3.05) is 27.1 Å². The summed E-state index contributed by atoms with van der Waals surface area (Å²) in [6.45, 7) is 1.30. The number of fused-ring (bicyclic) bond motifs is 1. The summed E-state index contributed by atoms with van der Waals surface area (Å²) in [4.78, 5) is 11.2. The average molecular weight is 487 g/mol. The van der Waals surface area contributed by atoms with Crippen molar-refractivity contribution in [1.29, 1.82) is 0 Å². The lowest BCUT2D eigenvalue weighted by Gasteiger charge is -2.54. The summed E-state index contributed by atoms with van der Waals surface area (Å²) in [6.07, 6.45) is 6.87. The summed E-state index contributed by atoms with van der Waals surface area (Å²) in [5.41, 5.74) is 3.75. The maximum atomic E-state index is 11.2. The number of carboxylic acids is 1. The van der Waals surface area contributed by atoms with E-state index >= 15 is 0 Å². The fraction of sp³-hybridized carbons (Fsp3) is 0.452. The predicted octanol–water partition coefficient (Wildman–Crippen LogP) is 6.74. The Balaban J connectivity index is 1.35. The van der Waals surface area contributed by atoms with E-state index in [4.69, 9.17) is 14.2 Å². The quantitative estimate of drug-likeness (QED) is 0.268. The van der Waals surface area contributed by atoms with Gasteiger partial charge in [-0.25, -0.2) is 4.79 Å². The van der Waals surface area contributed by atoms with Crippen LogP contribution >= 0.6 is 0 Å². The van der Waals surface area contributed by atoms with E-state index in [0.29, 0.717) is 24.7 Å². The van der Waals surface area contributed by atoms with Crippen LogP contribution in [0.5, 0.6) is 5.75 Å². The van der Waals surface area contributed by atoms with Crippen molar-refractivity contribution >= 4 is 16.7 Å². The first-order chi connectivity index (χ1) is 17.6. The lowest BCUT2D eigenvalue weighted by Crippen LogP contribution is -2.43. The lowest BCUT2D eigenvalue weighted by molar-refractivity contribution is -0.0160. The van der Waals surface area contributed by atoms with Gasteiger partial charge in [-0.1, -0.05) is 24.3 Å². The normalized spacial score (nSPS) is 26.4. The number of carboxylic acid groups (broad SMARTS) is 1. The highest BCUT2D eigenvalue weighted by Crippen LogP contribution is 2.61. The van der Waals surface area contributed by atoms with Crippen LogP contribution in [0.3, 0.4) is 0 Å². The average Bonchev–Trinajstić information content (AvgIpc) is 2.88. The highest BCUT2D eigenvalue weighted by Gasteiger charge is 2.49. The number of hydrogen-bond donors (Lipinski definition) is 1. The lowest BCUT2D eigenvalue weighted by atomic mass is 9.50. The second-order valence-corrected chi connectivity index (χ2v) is 11.0. The Morgan fingerprint density at radius 1 is 0.833 bits per heavy atom. The number of rotatable bonds is 9. The second-order valence-electron chi connectivity index (χ2n) is 11.0. The number of methoxy groups -OCH3 is 1. The molecule has 0 unspecified atom stereocenters. The Hall–Kier alpha value is -2.89. The van der Waals surface area contributed by atoms with E-state index in [9.17, 15) is 9.90 Å². The molecule has 0 amide bonds. The van der Waals surface area contributed by atoms with Gasteiger partial charge in [0.05, 0.1) is 18.8 Å². The minimum absolute atomic E-state index is 0.225. The minimum atomic E-state index is -0.904. The van der Waals surface area contributed by atoms with Gasteiger partial charge in [-0.15, -0.1) is 0 Å². The summed E-state index contributed by atoms with van der Waals surface area (Å²) in [6, 6.07) is 18.1. The van der Waals surface area contributed by atoms with E-state index in [1.54, 1.807) is 19.2 Å². The summed E-state index contributed by atoms with van der Waals surface area (Å²) >= 11 is 0. The zero-order valence-electron chi connectivity index (χ0n) is 20.8. The SMILES string of the molecule is COCCOCOc1cc2ccc(-c3ccc(C(=O)O)cc3)cc2cc1C1C2CC3CC(C2)CC1C3. The molecule has 4 fully saturated rings. The Bertz CT molecular complexity index is 1220. The highest BCUT2D eigenvalue weighted by atomic mass is 16.7. The third-order valence-electron chi connectivity index (χ3n) is 8.75. The summed E-state index contributed by atoms with van der Waals surface area (Å²) in [5.74, 6) is 3.95. The topological polar surface area (TPSA) is 65.0 Å². The van der Waals surface area contributed by atoms with Crippen LogP contribution in [-0.2, 0) is 9.47 Å². The third kappa shape index (κ3) is 4.51. The van der Waals surface area contributed by atoms with Crippen LogP contribution in [-0.4, -0.2) is 38.2 Å². The Kier molecular flexibility index (Phi) is 6.44. The van der Waals surface area contributed by atoms with Crippen molar-refractivity contribution in [3.63, 3.8) is 0 Å². The maximum absolute atomic E-state index is 11.2. The summed E-state index contributed by atoms with van der Waals surface area (Å²) < 4.78 is 17.0. The molecule has 0 aliphatic heterocycles. The third-order valence-corrected chi connectivity index (χ3v) is 8.75. The molecule has 4 aliphatic rings. The van der Waals surface area contributed by atoms with Crippen LogP contribution in [0.15, 0.2) is 54.6 Å². The van der Waals surface area contributed by atoms with E-state index in [-0.39, 0.29) is 6.79 Å². The molecule has 5 nitrogen and oxygen atoms in total. The van der Waals surface area contributed by atoms with Crippen LogP contribution in [0.4, 0.5) is 0 Å². The van der Waals surface area contributed by atoms with Gasteiger partial charge in [0.15, 0.2) is 6.79 Å². The van der Waals surface area contributed by atoms with E-state index in [1.807, 2.05) is 12.1 Å². The molecule has 0 saturated heterocycles. The molecular weight excluding hydrogens is 452 g/mol. The summed E-state index contributed by atoms with van der Waals surface area (Å²) in [7, 11) is 1.67. The van der Waals surface area contributed by atoms with Gasteiger partial charge in [-0.2, -0.15) is 0 Å². The molecule has 4 saturated carbocycles. The van der Waals surface area contributed by atoms with Crippen LogP contribution in [0.2, 0.25) is 0 Å². The van der Waals surface area contributed by atoms with Crippen molar-refractivity contribution in [1.82, 2.24) is 0 Å². The molecule has 5 heteroatoms. The van der Waals surface area contributed by atoms with Gasteiger partial charge in [0.2, 0.25) is 0 Å². The van der Waals surface area contributed by atoms with Crippen LogP contribution in [0, 0.1) is 23.7 Å². The van der Waals surface area contributed by atoms with E-state index in [0.717, 1.165) is 45.9 Å². The molecule has 0 radical (unpaired) electrons. The van der Waals surface area contributed by atoms with Gasteiger partial charge < -0.3 is 19.3 Å². The van der Waals surface area contributed by atoms with Gasteiger partial charge in [0, 0.05) is 7.11 Å². The molecule has 36 heavy (non-hydrogen) atoms. The summed E-state index contributed by atoms with van der Waals surface area (Å²) in [5, 5.41) is 11.6. The number of aromatic carboxylic acids is 1. The second kappa shape index (κ2) is 9.87. The Morgan fingerprint density at radius 3 is 2.19 bits per heavy atom. The van der Waals surface area contributed by atoms with Crippen molar-refractivity contribution < 1.29 is 24.1 Å². The first kappa shape index (κ1) is 23.5. The van der Waals surface area contributed by atoms with Crippen LogP contribution in [0.1, 0.15) is 53.9 Å². The first-order valence-electron chi connectivity index (χ1n) is 13.2. The number of benzene rings is 3. The Labute approximate surface area is 212 Å². The van der Waals surface area contributed by atoms with E-state index in [1.165, 1.54) is 43.1 Å². The minimum Gasteiger partial charge on any atom is -0.478 e. The zero-order valence-corrected chi connectivity index (χ0v) is 20.8. The van der Waals surface area contributed by atoms with Crippen molar-refractivity contribution in [2.24, 2.45) is 23.7 Å². The smallest absolute Gasteiger partial charge is 0.335 e. The molecule has 0 atom stereocenters. The van der Waals surface area contributed by atoms with Gasteiger partial charge >= 0.3 is 5.97 Å². The zero-order chi connectivity index (χ0) is 24.6. The molecular formula is C31H34O5. The molecule has 4 aliphatic carbocycles. The molecule has 4 bridgehead atoms. The van der Waals surface area contributed by atoms with Crippen LogP contribution < -0.4 is 4.74 Å². The highest BCUT2D eigenvalue weighted by molar-refractivity contribution is 5.91. The van der Waals surface area contributed by atoms with E-state index < -0.39 is 5.97 Å². The number of hydrogen-bond acceptors (Lipinski definition) is 4. The molecule has 1 N–H and O–H groups in total. The molecule has 7 rings (SSSR count). The van der Waals surface area contributed by atoms with E-state index in [2.05, 4.69) is 30.3 Å². The number of ether oxygens (including phenoxy) is 3. The predicted molar refractivity (Wildman–Crippen MR) is 139 cm³/mol.